The molecule has 0 aliphatic rings. The highest BCUT2D eigenvalue weighted by Gasteiger charge is 2.18. The van der Waals surface area contributed by atoms with Crippen LogP contribution in [0.5, 0.6) is 5.75 Å². The third-order valence-corrected chi connectivity index (χ3v) is 2.72. The summed E-state index contributed by atoms with van der Waals surface area (Å²) in [6.45, 7) is 3.69. The summed E-state index contributed by atoms with van der Waals surface area (Å²) in [6, 6.07) is 8.53. The van der Waals surface area contributed by atoms with Crippen LogP contribution in [-0.4, -0.2) is 13.0 Å². The average Bonchev–Trinajstić information content (AvgIpc) is 2.44. The van der Waals surface area contributed by atoms with Crippen molar-refractivity contribution in [3.63, 3.8) is 0 Å². The Morgan fingerprint density at radius 3 is 2.79 bits per heavy atom. The summed E-state index contributed by atoms with van der Waals surface area (Å²) in [5, 5.41) is 11.9. The zero-order chi connectivity index (χ0) is 14.3. The van der Waals surface area contributed by atoms with Crippen molar-refractivity contribution >= 4 is 5.91 Å². The van der Waals surface area contributed by atoms with E-state index in [1.165, 1.54) is 7.11 Å². The van der Waals surface area contributed by atoms with E-state index in [9.17, 15) is 10.1 Å². The average molecular weight is 258 g/mol. The molecule has 1 rings (SSSR count). The molecule has 0 aromatic heterocycles. The van der Waals surface area contributed by atoms with Crippen LogP contribution in [0.1, 0.15) is 31.9 Å². The van der Waals surface area contributed by atoms with Crippen molar-refractivity contribution in [1.82, 2.24) is 5.32 Å². The number of carbonyl (C=O) groups is 1. The number of hydrogen-bond donors (Lipinski definition) is 1. The monoisotopic (exact) mass is 258 g/mol. The number of hydrogen-bond acceptors (Lipinski definition) is 3. The molecule has 0 aliphatic carbocycles. The molecule has 1 atom stereocenters. The van der Waals surface area contributed by atoms with Gasteiger partial charge in [-0.3, -0.25) is 4.79 Å². The van der Waals surface area contributed by atoms with Gasteiger partial charge in [-0.15, -0.1) is 0 Å². The van der Waals surface area contributed by atoms with E-state index in [0.29, 0.717) is 16.9 Å². The molecule has 0 bridgehead atoms. The molecule has 4 heteroatoms. The standard InChI is InChI=1S/C15H18N2O2/c1-4-7-11(2)15(18)17-13(10-16)12-8-5-6-9-14(12)19-3/h5-9,13H,4H2,1-3H3,(H,17,18)/b11-7-. The van der Waals surface area contributed by atoms with Gasteiger partial charge in [-0.25, -0.2) is 0 Å². The fourth-order valence-electron chi connectivity index (χ4n) is 1.73. The number of nitrogens with zero attached hydrogens (tertiary/aromatic N) is 1. The maximum atomic E-state index is 11.9. The van der Waals surface area contributed by atoms with Gasteiger partial charge in [0.2, 0.25) is 5.91 Å². The van der Waals surface area contributed by atoms with E-state index < -0.39 is 6.04 Å². The van der Waals surface area contributed by atoms with E-state index >= 15 is 0 Å². The summed E-state index contributed by atoms with van der Waals surface area (Å²) in [5.74, 6) is 0.353. The zero-order valence-electron chi connectivity index (χ0n) is 11.4. The molecular formula is C15H18N2O2. The van der Waals surface area contributed by atoms with E-state index in [0.717, 1.165) is 6.42 Å². The topological polar surface area (TPSA) is 62.1 Å². The van der Waals surface area contributed by atoms with Crippen LogP contribution in [0.15, 0.2) is 35.9 Å². The molecule has 0 heterocycles. The minimum atomic E-state index is -0.719. The highest BCUT2D eigenvalue weighted by molar-refractivity contribution is 5.93. The second kappa shape index (κ2) is 7.22. The molecule has 1 aromatic carbocycles. The fourth-order valence-corrected chi connectivity index (χ4v) is 1.73. The molecule has 1 aromatic rings. The van der Waals surface area contributed by atoms with Gasteiger partial charge in [-0.2, -0.15) is 5.26 Å². The highest BCUT2D eigenvalue weighted by atomic mass is 16.5. The van der Waals surface area contributed by atoms with Gasteiger partial charge < -0.3 is 10.1 Å². The quantitative estimate of drug-likeness (QED) is 0.826. The first-order valence-electron chi connectivity index (χ1n) is 6.14. The van der Waals surface area contributed by atoms with Crippen LogP contribution in [0, 0.1) is 11.3 Å². The maximum absolute atomic E-state index is 11.9. The van der Waals surface area contributed by atoms with Crippen LogP contribution in [0.3, 0.4) is 0 Å². The number of nitrogens with one attached hydrogen (secondary N) is 1. The van der Waals surface area contributed by atoms with E-state index in [1.807, 2.05) is 25.1 Å². The lowest BCUT2D eigenvalue weighted by molar-refractivity contribution is -0.117. The predicted molar refractivity (Wildman–Crippen MR) is 73.5 cm³/mol. The molecule has 1 N–H and O–H groups in total. The normalized spacial score (nSPS) is 12.4. The lowest BCUT2D eigenvalue weighted by Gasteiger charge is -2.15. The summed E-state index contributed by atoms with van der Waals surface area (Å²) in [5.41, 5.74) is 1.27. The molecule has 0 aliphatic heterocycles. The van der Waals surface area contributed by atoms with Gasteiger partial charge in [0, 0.05) is 11.1 Å². The van der Waals surface area contributed by atoms with Crippen molar-refractivity contribution in [2.75, 3.05) is 7.11 Å². The van der Waals surface area contributed by atoms with Crippen LogP contribution < -0.4 is 10.1 Å². The summed E-state index contributed by atoms with van der Waals surface area (Å²) < 4.78 is 5.20. The lowest BCUT2D eigenvalue weighted by Crippen LogP contribution is -2.28. The highest BCUT2D eigenvalue weighted by Crippen LogP contribution is 2.24. The summed E-state index contributed by atoms with van der Waals surface area (Å²) >= 11 is 0. The Balaban J connectivity index is 2.94. The van der Waals surface area contributed by atoms with Crippen molar-refractivity contribution in [1.29, 1.82) is 5.26 Å². The smallest absolute Gasteiger partial charge is 0.247 e. The van der Waals surface area contributed by atoms with Crippen molar-refractivity contribution in [3.8, 4) is 11.8 Å². The Bertz CT molecular complexity index is 515. The van der Waals surface area contributed by atoms with Crippen molar-refractivity contribution < 1.29 is 9.53 Å². The van der Waals surface area contributed by atoms with Crippen LogP contribution in [0.2, 0.25) is 0 Å². The number of benzene rings is 1. The number of para-hydroxylation sites is 1. The Morgan fingerprint density at radius 2 is 2.21 bits per heavy atom. The Hall–Kier alpha value is -2.28. The van der Waals surface area contributed by atoms with E-state index in [4.69, 9.17) is 4.74 Å². The number of carbonyl (C=O) groups excluding carboxylic acids is 1. The Kier molecular flexibility index (Phi) is 5.62. The summed E-state index contributed by atoms with van der Waals surface area (Å²) in [4.78, 5) is 11.9. The molecule has 0 fully saturated rings. The number of rotatable bonds is 5. The van der Waals surface area contributed by atoms with Crippen LogP contribution in [0.25, 0.3) is 0 Å². The van der Waals surface area contributed by atoms with E-state index in [2.05, 4.69) is 11.4 Å². The number of nitriles is 1. The van der Waals surface area contributed by atoms with Crippen molar-refractivity contribution in [2.45, 2.75) is 26.3 Å². The largest absolute Gasteiger partial charge is 0.496 e. The molecule has 4 nitrogen and oxygen atoms in total. The number of amides is 1. The third-order valence-electron chi connectivity index (χ3n) is 2.72. The summed E-state index contributed by atoms with van der Waals surface area (Å²) in [6.07, 6.45) is 2.61. The van der Waals surface area contributed by atoms with Crippen molar-refractivity contribution in [3.05, 3.63) is 41.5 Å². The predicted octanol–water partition coefficient (Wildman–Crippen LogP) is 2.73. The van der Waals surface area contributed by atoms with Crippen LogP contribution in [-0.2, 0) is 4.79 Å². The van der Waals surface area contributed by atoms with Gasteiger partial charge >= 0.3 is 0 Å². The SMILES string of the molecule is CC/C=C(/C)C(=O)NC(C#N)c1ccccc1OC. The summed E-state index contributed by atoms with van der Waals surface area (Å²) in [7, 11) is 1.54. The number of methoxy groups -OCH3 is 1. The zero-order valence-corrected chi connectivity index (χ0v) is 11.4. The molecule has 0 spiro atoms. The van der Waals surface area contributed by atoms with E-state index in [1.54, 1.807) is 19.1 Å². The maximum Gasteiger partial charge on any atom is 0.247 e. The Labute approximate surface area is 113 Å². The minimum Gasteiger partial charge on any atom is -0.496 e. The first-order chi connectivity index (χ1) is 9.13. The number of ether oxygens (including phenoxy) is 1. The molecule has 1 amide bonds. The lowest BCUT2D eigenvalue weighted by atomic mass is 10.1. The first kappa shape index (κ1) is 14.8. The fraction of sp³-hybridized carbons (Fsp3) is 0.333. The molecule has 100 valence electrons. The van der Waals surface area contributed by atoms with Gasteiger partial charge in [0.1, 0.15) is 11.8 Å². The molecule has 0 saturated carbocycles. The van der Waals surface area contributed by atoms with Gasteiger partial charge in [-0.05, 0) is 19.4 Å². The van der Waals surface area contributed by atoms with Gasteiger partial charge in [0.25, 0.3) is 0 Å². The van der Waals surface area contributed by atoms with E-state index in [-0.39, 0.29) is 5.91 Å². The molecule has 0 saturated heterocycles. The Morgan fingerprint density at radius 1 is 1.53 bits per heavy atom. The van der Waals surface area contributed by atoms with Gasteiger partial charge in [-0.1, -0.05) is 31.2 Å². The second-order valence-electron chi connectivity index (χ2n) is 4.07. The van der Waals surface area contributed by atoms with Crippen molar-refractivity contribution in [2.24, 2.45) is 0 Å². The molecule has 19 heavy (non-hydrogen) atoms. The first-order valence-corrected chi connectivity index (χ1v) is 6.14. The van der Waals surface area contributed by atoms with Crippen LogP contribution in [0.4, 0.5) is 0 Å². The number of allylic oxidation sites excluding steroid dienone is 1. The van der Waals surface area contributed by atoms with Crippen LogP contribution >= 0.6 is 0 Å². The molecular weight excluding hydrogens is 240 g/mol. The van der Waals surface area contributed by atoms with Gasteiger partial charge in [0.15, 0.2) is 0 Å². The second-order valence-corrected chi connectivity index (χ2v) is 4.07. The van der Waals surface area contributed by atoms with Gasteiger partial charge in [0.05, 0.1) is 13.2 Å². The third kappa shape index (κ3) is 3.85. The molecule has 1 unspecified atom stereocenters. The minimum absolute atomic E-state index is 0.237. The molecule has 0 radical (unpaired) electrons.